The topological polar surface area (TPSA) is 29.5 Å². The predicted molar refractivity (Wildman–Crippen MR) is 72.7 cm³/mol. The predicted octanol–water partition coefficient (Wildman–Crippen LogP) is 3.28. The highest BCUT2D eigenvalue weighted by molar-refractivity contribution is 5.38. The molecule has 0 amide bonds. The van der Waals surface area contributed by atoms with Crippen LogP contribution in [-0.2, 0) is 12.0 Å². The Bertz CT molecular complexity index is 564. The van der Waals surface area contributed by atoms with Gasteiger partial charge in [-0.1, -0.05) is 30.3 Å². The van der Waals surface area contributed by atoms with E-state index in [0.29, 0.717) is 17.7 Å². The van der Waals surface area contributed by atoms with Crippen molar-refractivity contribution < 1.29 is 14.2 Å². The SMILES string of the molecule is COc1ccccc1C(C)(O)Cc1cccc(F)c1. The first-order valence-corrected chi connectivity index (χ1v) is 6.13. The Morgan fingerprint density at radius 2 is 1.89 bits per heavy atom. The molecular formula is C16H17FO2. The average molecular weight is 260 g/mol. The summed E-state index contributed by atoms with van der Waals surface area (Å²) in [7, 11) is 1.57. The summed E-state index contributed by atoms with van der Waals surface area (Å²) in [6.45, 7) is 1.70. The zero-order valence-electron chi connectivity index (χ0n) is 11.1. The number of ether oxygens (including phenoxy) is 1. The van der Waals surface area contributed by atoms with E-state index in [9.17, 15) is 9.50 Å². The molecule has 0 spiro atoms. The van der Waals surface area contributed by atoms with Crippen molar-refractivity contribution in [3.05, 3.63) is 65.5 Å². The van der Waals surface area contributed by atoms with Gasteiger partial charge in [-0.05, 0) is 30.7 Å². The molecule has 0 aliphatic carbocycles. The number of benzene rings is 2. The molecular weight excluding hydrogens is 243 g/mol. The van der Waals surface area contributed by atoms with Gasteiger partial charge in [-0.3, -0.25) is 0 Å². The van der Waals surface area contributed by atoms with E-state index in [4.69, 9.17) is 4.74 Å². The summed E-state index contributed by atoms with van der Waals surface area (Å²) in [6, 6.07) is 13.6. The van der Waals surface area contributed by atoms with Crippen molar-refractivity contribution in [2.24, 2.45) is 0 Å². The lowest BCUT2D eigenvalue weighted by atomic mass is 9.88. The summed E-state index contributed by atoms with van der Waals surface area (Å²) < 4.78 is 18.4. The van der Waals surface area contributed by atoms with Gasteiger partial charge in [-0.2, -0.15) is 0 Å². The molecule has 0 saturated carbocycles. The fraction of sp³-hybridized carbons (Fsp3) is 0.250. The molecule has 19 heavy (non-hydrogen) atoms. The fourth-order valence-electron chi connectivity index (χ4n) is 2.23. The van der Waals surface area contributed by atoms with Crippen LogP contribution in [-0.4, -0.2) is 12.2 Å². The highest BCUT2D eigenvalue weighted by Crippen LogP contribution is 2.32. The van der Waals surface area contributed by atoms with E-state index in [1.807, 2.05) is 18.2 Å². The first kappa shape index (κ1) is 13.6. The second-order valence-corrected chi connectivity index (χ2v) is 4.78. The Hall–Kier alpha value is -1.87. The standard InChI is InChI=1S/C16H17FO2/c1-16(18,11-12-6-5-7-13(17)10-12)14-8-3-4-9-15(14)19-2/h3-10,18H,11H2,1-2H3. The largest absolute Gasteiger partial charge is 0.496 e. The maximum absolute atomic E-state index is 13.2. The first-order valence-electron chi connectivity index (χ1n) is 6.13. The van der Waals surface area contributed by atoms with E-state index in [0.717, 1.165) is 5.56 Å². The molecule has 0 aliphatic rings. The summed E-state index contributed by atoms with van der Waals surface area (Å²) in [6.07, 6.45) is 0.325. The fourth-order valence-corrected chi connectivity index (χ4v) is 2.23. The smallest absolute Gasteiger partial charge is 0.124 e. The third kappa shape index (κ3) is 3.12. The molecule has 0 saturated heterocycles. The van der Waals surface area contributed by atoms with Gasteiger partial charge in [-0.25, -0.2) is 4.39 Å². The highest BCUT2D eigenvalue weighted by atomic mass is 19.1. The minimum atomic E-state index is -1.11. The quantitative estimate of drug-likeness (QED) is 0.914. The van der Waals surface area contributed by atoms with Gasteiger partial charge in [0.25, 0.3) is 0 Å². The molecule has 3 heteroatoms. The lowest BCUT2D eigenvalue weighted by Crippen LogP contribution is -2.25. The van der Waals surface area contributed by atoms with Crippen molar-refractivity contribution in [3.8, 4) is 5.75 Å². The number of aliphatic hydroxyl groups is 1. The van der Waals surface area contributed by atoms with Crippen LogP contribution in [0, 0.1) is 5.82 Å². The molecule has 2 aromatic carbocycles. The van der Waals surface area contributed by atoms with E-state index in [1.165, 1.54) is 12.1 Å². The van der Waals surface area contributed by atoms with Gasteiger partial charge in [0.05, 0.1) is 12.7 Å². The minimum Gasteiger partial charge on any atom is -0.496 e. The van der Waals surface area contributed by atoms with E-state index in [1.54, 1.807) is 32.2 Å². The van der Waals surface area contributed by atoms with Crippen LogP contribution >= 0.6 is 0 Å². The van der Waals surface area contributed by atoms with Gasteiger partial charge in [-0.15, -0.1) is 0 Å². The van der Waals surface area contributed by atoms with Crippen LogP contribution in [0.4, 0.5) is 4.39 Å². The van der Waals surface area contributed by atoms with Crippen molar-refractivity contribution in [1.82, 2.24) is 0 Å². The summed E-state index contributed by atoms with van der Waals surface area (Å²) in [4.78, 5) is 0. The van der Waals surface area contributed by atoms with Gasteiger partial charge in [0.1, 0.15) is 11.6 Å². The Labute approximate surface area is 112 Å². The van der Waals surface area contributed by atoms with Crippen LogP contribution in [0.2, 0.25) is 0 Å². The molecule has 100 valence electrons. The Balaban J connectivity index is 2.32. The molecule has 1 atom stereocenters. The van der Waals surface area contributed by atoms with E-state index < -0.39 is 5.60 Å². The van der Waals surface area contributed by atoms with E-state index in [-0.39, 0.29) is 5.82 Å². The zero-order valence-corrected chi connectivity index (χ0v) is 11.1. The molecule has 0 fully saturated rings. The van der Waals surface area contributed by atoms with Gasteiger partial charge < -0.3 is 9.84 Å². The lowest BCUT2D eigenvalue weighted by molar-refractivity contribution is 0.0549. The van der Waals surface area contributed by atoms with Gasteiger partial charge in [0, 0.05) is 12.0 Å². The van der Waals surface area contributed by atoms with Crippen molar-refractivity contribution in [3.63, 3.8) is 0 Å². The van der Waals surface area contributed by atoms with Crippen LogP contribution in [0.25, 0.3) is 0 Å². The Kier molecular flexibility index (Phi) is 3.86. The molecule has 0 heterocycles. The van der Waals surface area contributed by atoms with Gasteiger partial charge in [0.15, 0.2) is 0 Å². The maximum atomic E-state index is 13.2. The molecule has 2 rings (SSSR count). The summed E-state index contributed by atoms with van der Waals surface area (Å²) in [5.41, 5.74) is 0.332. The van der Waals surface area contributed by atoms with Crippen molar-refractivity contribution >= 4 is 0 Å². The number of rotatable bonds is 4. The number of hydrogen-bond donors (Lipinski definition) is 1. The van der Waals surface area contributed by atoms with Crippen LogP contribution in [0.5, 0.6) is 5.75 Å². The molecule has 0 aromatic heterocycles. The highest BCUT2D eigenvalue weighted by Gasteiger charge is 2.27. The average Bonchev–Trinajstić information content (AvgIpc) is 2.38. The van der Waals surface area contributed by atoms with Crippen molar-refractivity contribution in [2.75, 3.05) is 7.11 Å². The first-order chi connectivity index (χ1) is 9.03. The normalized spacial score (nSPS) is 13.9. The Morgan fingerprint density at radius 1 is 1.16 bits per heavy atom. The third-order valence-electron chi connectivity index (χ3n) is 3.12. The van der Waals surface area contributed by atoms with Crippen LogP contribution in [0.1, 0.15) is 18.1 Å². The Morgan fingerprint density at radius 3 is 2.58 bits per heavy atom. The number of halogens is 1. The molecule has 0 bridgehead atoms. The van der Waals surface area contributed by atoms with Crippen LogP contribution in [0.3, 0.4) is 0 Å². The molecule has 2 aromatic rings. The lowest BCUT2D eigenvalue weighted by Gasteiger charge is -2.26. The van der Waals surface area contributed by atoms with Gasteiger partial charge >= 0.3 is 0 Å². The van der Waals surface area contributed by atoms with E-state index in [2.05, 4.69) is 0 Å². The molecule has 0 aliphatic heterocycles. The van der Waals surface area contributed by atoms with Crippen molar-refractivity contribution in [1.29, 1.82) is 0 Å². The second kappa shape index (κ2) is 5.41. The summed E-state index contributed by atoms with van der Waals surface area (Å²) in [5.74, 6) is 0.331. The number of hydrogen-bond acceptors (Lipinski definition) is 2. The minimum absolute atomic E-state index is 0.298. The zero-order chi connectivity index (χ0) is 13.9. The van der Waals surface area contributed by atoms with Crippen LogP contribution in [0.15, 0.2) is 48.5 Å². The monoisotopic (exact) mass is 260 g/mol. The molecule has 1 N–H and O–H groups in total. The molecule has 2 nitrogen and oxygen atoms in total. The van der Waals surface area contributed by atoms with Crippen LogP contribution < -0.4 is 4.74 Å². The van der Waals surface area contributed by atoms with E-state index >= 15 is 0 Å². The van der Waals surface area contributed by atoms with Crippen molar-refractivity contribution in [2.45, 2.75) is 18.9 Å². The molecule has 0 radical (unpaired) electrons. The number of para-hydroxylation sites is 1. The maximum Gasteiger partial charge on any atom is 0.124 e. The summed E-state index contributed by atoms with van der Waals surface area (Å²) in [5, 5.41) is 10.6. The third-order valence-corrected chi connectivity index (χ3v) is 3.12. The summed E-state index contributed by atoms with van der Waals surface area (Å²) >= 11 is 0. The van der Waals surface area contributed by atoms with Gasteiger partial charge in [0.2, 0.25) is 0 Å². The number of methoxy groups -OCH3 is 1. The second-order valence-electron chi connectivity index (χ2n) is 4.78. The molecule has 1 unspecified atom stereocenters.